The number of hydrazone groups is 1. The number of carbonyl (C=O) groups is 2. The molecule has 32 heavy (non-hydrogen) atoms. The van der Waals surface area contributed by atoms with Gasteiger partial charge in [0.05, 0.1) is 21.6 Å². The highest BCUT2D eigenvalue weighted by Crippen LogP contribution is 2.60. The van der Waals surface area contributed by atoms with Crippen molar-refractivity contribution in [1.82, 2.24) is 5.01 Å². The average Bonchev–Trinajstić information content (AvgIpc) is 3.05. The number of imide groups is 1. The van der Waals surface area contributed by atoms with E-state index in [1.54, 1.807) is 6.07 Å². The van der Waals surface area contributed by atoms with Crippen molar-refractivity contribution in [3.05, 3.63) is 95.6 Å². The molecule has 0 aromatic heterocycles. The van der Waals surface area contributed by atoms with Crippen LogP contribution in [-0.4, -0.2) is 28.1 Å². The van der Waals surface area contributed by atoms with Crippen LogP contribution in [0.15, 0.2) is 65.8 Å². The molecule has 4 aliphatic rings. The summed E-state index contributed by atoms with van der Waals surface area (Å²) in [7, 11) is 0. The van der Waals surface area contributed by atoms with Gasteiger partial charge in [-0.2, -0.15) is 10.1 Å². The lowest BCUT2D eigenvalue weighted by molar-refractivity contribution is -0.139. The monoisotopic (exact) mass is 646 g/mol. The predicted molar refractivity (Wildman–Crippen MR) is 137 cm³/mol. The fourth-order valence-electron chi connectivity index (χ4n) is 5.58. The molecule has 3 aromatic carbocycles. The maximum atomic E-state index is 13.5. The molecule has 0 unspecified atom stereocenters. The molecule has 3 aromatic rings. The number of amides is 2. The molecule has 7 rings (SSSR count). The molecule has 158 valence electrons. The molecular formula is C25H16I2N2O3. The van der Waals surface area contributed by atoms with E-state index < -0.39 is 11.8 Å². The van der Waals surface area contributed by atoms with E-state index >= 15 is 0 Å². The lowest BCUT2D eigenvalue weighted by Crippen LogP contribution is -2.41. The van der Waals surface area contributed by atoms with E-state index in [0.29, 0.717) is 9.13 Å². The molecule has 2 bridgehead atoms. The van der Waals surface area contributed by atoms with E-state index in [9.17, 15) is 14.7 Å². The Kier molecular flexibility index (Phi) is 4.69. The van der Waals surface area contributed by atoms with E-state index in [1.807, 2.05) is 52.9 Å². The molecule has 1 N–H and O–H groups in total. The maximum absolute atomic E-state index is 13.5. The molecule has 1 saturated heterocycles. The SMILES string of the molecule is O=C1[C@H]2C3c4ccccc4C(c4ccccc43)[C@@H]2C(=O)N1/N=C\c1cc(I)cc(I)c1O. The van der Waals surface area contributed by atoms with Crippen LogP contribution in [0.5, 0.6) is 5.75 Å². The van der Waals surface area contributed by atoms with Crippen molar-refractivity contribution in [3.8, 4) is 5.75 Å². The number of benzene rings is 3. The first kappa shape index (κ1) is 20.3. The van der Waals surface area contributed by atoms with Crippen LogP contribution >= 0.6 is 45.2 Å². The second-order valence-corrected chi connectivity index (χ2v) is 10.7. The number of nitrogens with zero attached hydrogens (tertiary/aromatic N) is 2. The molecule has 3 aliphatic carbocycles. The topological polar surface area (TPSA) is 70.0 Å². The second kappa shape index (κ2) is 7.38. The van der Waals surface area contributed by atoms with Crippen LogP contribution in [-0.2, 0) is 9.59 Å². The summed E-state index contributed by atoms with van der Waals surface area (Å²) >= 11 is 4.21. The molecule has 0 saturated carbocycles. The van der Waals surface area contributed by atoms with Gasteiger partial charge in [-0.05, 0) is 79.6 Å². The Labute approximate surface area is 211 Å². The van der Waals surface area contributed by atoms with E-state index in [1.165, 1.54) is 6.21 Å². The van der Waals surface area contributed by atoms with Gasteiger partial charge in [-0.1, -0.05) is 48.5 Å². The summed E-state index contributed by atoms with van der Waals surface area (Å²) in [4.78, 5) is 27.1. The minimum Gasteiger partial charge on any atom is -0.506 e. The number of carbonyl (C=O) groups excluding carboxylic acids is 2. The van der Waals surface area contributed by atoms with Crippen molar-refractivity contribution in [2.24, 2.45) is 16.9 Å². The Morgan fingerprint density at radius 2 is 1.28 bits per heavy atom. The quantitative estimate of drug-likeness (QED) is 0.247. The largest absolute Gasteiger partial charge is 0.506 e. The summed E-state index contributed by atoms with van der Waals surface area (Å²) in [6.07, 6.45) is 1.41. The number of rotatable bonds is 2. The Balaban J connectivity index is 1.45. The Morgan fingerprint density at radius 3 is 1.75 bits per heavy atom. The number of hydrogen-bond acceptors (Lipinski definition) is 4. The van der Waals surface area contributed by atoms with Gasteiger partial charge >= 0.3 is 0 Å². The van der Waals surface area contributed by atoms with Gasteiger partial charge in [0.1, 0.15) is 5.75 Å². The Bertz CT molecular complexity index is 1240. The minimum absolute atomic E-state index is 0.0890. The van der Waals surface area contributed by atoms with Crippen molar-refractivity contribution in [3.63, 3.8) is 0 Å². The zero-order valence-corrected chi connectivity index (χ0v) is 20.9. The highest BCUT2D eigenvalue weighted by molar-refractivity contribution is 14.1. The van der Waals surface area contributed by atoms with Gasteiger partial charge in [-0.3, -0.25) is 9.59 Å². The van der Waals surface area contributed by atoms with Crippen LogP contribution in [0.4, 0.5) is 0 Å². The highest BCUT2D eigenvalue weighted by atomic mass is 127. The summed E-state index contributed by atoms with van der Waals surface area (Å²) in [5.41, 5.74) is 5.01. The van der Waals surface area contributed by atoms with Crippen LogP contribution in [0.3, 0.4) is 0 Å². The zero-order valence-electron chi connectivity index (χ0n) is 16.6. The van der Waals surface area contributed by atoms with Crippen molar-refractivity contribution in [2.45, 2.75) is 11.8 Å². The van der Waals surface area contributed by atoms with Crippen molar-refractivity contribution in [1.29, 1.82) is 0 Å². The fraction of sp³-hybridized carbons (Fsp3) is 0.160. The first-order valence-corrected chi connectivity index (χ1v) is 12.4. The van der Waals surface area contributed by atoms with Gasteiger partial charge < -0.3 is 5.11 Å². The molecule has 0 spiro atoms. The van der Waals surface area contributed by atoms with Crippen molar-refractivity contribution < 1.29 is 14.7 Å². The van der Waals surface area contributed by atoms with Gasteiger partial charge in [0, 0.05) is 21.0 Å². The van der Waals surface area contributed by atoms with Crippen LogP contribution in [0.2, 0.25) is 0 Å². The van der Waals surface area contributed by atoms with E-state index in [2.05, 4.69) is 52.0 Å². The normalized spacial score (nSPS) is 25.2. The van der Waals surface area contributed by atoms with Crippen LogP contribution < -0.4 is 0 Å². The number of aromatic hydroxyl groups is 1. The molecule has 2 atom stereocenters. The number of halogens is 2. The smallest absolute Gasteiger partial charge is 0.254 e. The van der Waals surface area contributed by atoms with Gasteiger partial charge in [0.15, 0.2) is 0 Å². The molecular weight excluding hydrogens is 630 g/mol. The van der Waals surface area contributed by atoms with E-state index in [0.717, 1.165) is 30.8 Å². The standard InChI is InChI=1S/C25H16I2N2O3/c26-13-9-12(23(30)18(27)10-13)11-28-29-24(31)21-19-14-5-1-2-6-15(14)20(22(21)25(29)32)17-8-4-3-7-16(17)19/h1-11,19-22,30H/b28-11-/t19?,20?,21-,22-/m0/s1. The number of hydrogen-bond donors (Lipinski definition) is 1. The number of phenols is 1. The maximum Gasteiger partial charge on any atom is 0.254 e. The summed E-state index contributed by atoms with van der Waals surface area (Å²) < 4.78 is 1.62. The molecule has 2 amide bonds. The number of phenolic OH excluding ortho intramolecular Hbond substituents is 1. The van der Waals surface area contributed by atoms with Crippen molar-refractivity contribution >= 4 is 63.2 Å². The zero-order chi connectivity index (χ0) is 22.1. The third kappa shape index (κ3) is 2.76. The molecule has 1 aliphatic heterocycles. The minimum atomic E-state index is -0.459. The fourth-order valence-corrected chi connectivity index (χ4v) is 7.47. The molecule has 1 heterocycles. The summed E-state index contributed by atoms with van der Waals surface area (Å²) in [5.74, 6) is -1.67. The molecule has 1 fully saturated rings. The molecule has 7 heteroatoms. The summed E-state index contributed by atoms with van der Waals surface area (Å²) in [6.45, 7) is 0. The summed E-state index contributed by atoms with van der Waals surface area (Å²) in [6, 6.07) is 19.9. The first-order valence-electron chi connectivity index (χ1n) is 10.2. The Morgan fingerprint density at radius 1 is 0.812 bits per heavy atom. The van der Waals surface area contributed by atoms with E-state index in [-0.39, 0.29) is 29.4 Å². The lowest BCUT2D eigenvalue weighted by Gasteiger charge is -2.45. The van der Waals surface area contributed by atoms with Crippen LogP contribution in [0, 0.1) is 19.0 Å². The second-order valence-electron chi connectivity index (χ2n) is 8.32. The van der Waals surface area contributed by atoms with Gasteiger partial charge in [0.2, 0.25) is 0 Å². The third-order valence-electron chi connectivity index (χ3n) is 6.80. The van der Waals surface area contributed by atoms with Crippen LogP contribution in [0.1, 0.15) is 39.7 Å². The predicted octanol–water partition coefficient (Wildman–Crippen LogP) is 4.83. The molecule has 5 nitrogen and oxygen atoms in total. The lowest BCUT2D eigenvalue weighted by atomic mass is 9.55. The summed E-state index contributed by atoms with van der Waals surface area (Å²) in [5, 5.41) is 15.7. The van der Waals surface area contributed by atoms with Gasteiger partial charge in [-0.15, -0.1) is 0 Å². The third-order valence-corrected chi connectivity index (χ3v) is 8.24. The van der Waals surface area contributed by atoms with E-state index in [4.69, 9.17) is 0 Å². The molecule has 0 radical (unpaired) electrons. The average molecular weight is 646 g/mol. The first-order chi connectivity index (χ1) is 15.5. The van der Waals surface area contributed by atoms with Crippen LogP contribution in [0.25, 0.3) is 0 Å². The van der Waals surface area contributed by atoms with Crippen molar-refractivity contribution in [2.75, 3.05) is 0 Å². The highest BCUT2D eigenvalue weighted by Gasteiger charge is 2.61. The van der Waals surface area contributed by atoms with Gasteiger partial charge in [-0.25, -0.2) is 0 Å². The van der Waals surface area contributed by atoms with Gasteiger partial charge in [0.25, 0.3) is 11.8 Å². The Hall–Kier alpha value is -2.27.